The topological polar surface area (TPSA) is 49.8 Å². The number of carboxylic acid groups (broad SMARTS) is 1. The van der Waals surface area contributed by atoms with E-state index in [0.29, 0.717) is 12.6 Å². The lowest BCUT2D eigenvalue weighted by atomic mass is 9.89. The van der Waals surface area contributed by atoms with E-state index in [0.717, 1.165) is 43.5 Å². The summed E-state index contributed by atoms with van der Waals surface area (Å²) >= 11 is 0. The Morgan fingerprint density at radius 2 is 2.19 bits per heavy atom. The summed E-state index contributed by atoms with van der Waals surface area (Å²) in [6, 6.07) is 8.78. The minimum atomic E-state index is -0.622. The Morgan fingerprint density at radius 1 is 1.38 bits per heavy atom. The molecule has 0 spiro atoms. The minimum absolute atomic E-state index is 0.152. The number of aryl methyl sites for hydroxylation is 1. The van der Waals surface area contributed by atoms with Crippen molar-refractivity contribution in [3.8, 4) is 5.75 Å². The molecule has 4 nitrogen and oxygen atoms in total. The van der Waals surface area contributed by atoms with E-state index in [1.165, 1.54) is 0 Å². The predicted molar refractivity (Wildman–Crippen MR) is 80.5 cm³/mol. The molecule has 2 bridgehead atoms. The molecule has 3 unspecified atom stereocenters. The van der Waals surface area contributed by atoms with Crippen molar-refractivity contribution in [3.63, 3.8) is 0 Å². The van der Waals surface area contributed by atoms with Crippen LogP contribution in [0.2, 0.25) is 0 Å². The van der Waals surface area contributed by atoms with Gasteiger partial charge in [0, 0.05) is 18.6 Å². The van der Waals surface area contributed by atoms with E-state index in [1.807, 2.05) is 31.2 Å². The molecule has 2 saturated heterocycles. The van der Waals surface area contributed by atoms with Crippen molar-refractivity contribution in [3.05, 3.63) is 29.8 Å². The molecule has 2 aliphatic heterocycles. The van der Waals surface area contributed by atoms with Gasteiger partial charge in [-0.3, -0.25) is 9.69 Å². The average Bonchev–Trinajstić information content (AvgIpc) is 3.02. The Kier molecular flexibility index (Phi) is 4.15. The summed E-state index contributed by atoms with van der Waals surface area (Å²) < 4.78 is 5.82. The van der Waals surface area contributed by atoms with Crippen LogP contribution < -0.4 is 4.74 Å². The van der Waals surface area contributed by atoms with Gasteiger partial charge in [-0.2, -0.15) is 0 Å². The van der Waals surface area contributed by atoms with Gasteiger partial charge in [0.25, 0.3) is 0 Å². The molecule has 3 atom stereocenters. The summed E-state index contributed by atoms with van der Waals surface area (Å²) in [6.07, 6.45) is 3.99. The van der Waals surface area contributed by atoms with Gasteiger partial charge in [0.1, 0.15) is 5.75 Å². The fraction of sp³-hybridized carbons (Fsp3) is 0.588. The molecule has 1 aromatic carbocycles. The fourth-order valence-electron chi connectivity index (χ4n) is 3.86. The Labute approximate surface area is 125 Å². The Bertz CT molecular complexity index is 517. The molecule has 4 heteroatoms. The van der Waals surface area contributed by atoms with Crippen LogP contribution in [0.1, 0.15) is 31.2 Å². The van der Waals surface area contributed by atoms with Crippen molar-refractivity contribution in [1.82, 2.24) is 4.90 Å². The van der Waals surface area contributed by atoms with E-state index in [-0.39, 0.29) is 12.0 Å². The van der Waals surface area contributed by atoms with Crippen molar-refractivity contribution >= 4 is 5.97 Å². The van der Waals surface area contributed by atoms with E-state index >= 15 is 0 Å². The van der Waals surface area contributed by atoms with Gasteiger partial charge in [0.05, 0.1) is 12.5 Å². The molecule has 0 aliphatic carbocycles. The number of carboxylic acids is 1. The van der Waals surface area contributed by atoms with Crippen LogP contribution in [0.15, 0.2) is 24.3 Å². The van der Waals surface area contributed by atoms with E-state index in [1.54, 1.807) is 0 Å². The highest BCUT2D eigenvalue weighted by Crippen LogP contribution is 2.41. The summed E-state index contributed by atoms with van der Waals surface area (Å²) in [7, 11) is 0. The van der Waals surface area contributed by atoms with Crippen molar-refractivity contribution in [2.75, 3.05) is 13.2 Å². The van der Waals surface area contributed by atoms with Crippen LogP contribution in [0.5, 0.6) is 5.75 Å². The standard InChI is InChI=1S/C17H23NO3/c1-12-5-2-3-6-16(12)21-10-4-9-18-13-7-8-15(18)14(11-13)17(19)20/h2-3,5-6,13-15H,4,7-11H2,1H3,(H,19,20). The highest BCUT2D eigenvalue weighted by molar-refractivity contribution is 5.71. The van der Waals surface area contributed by atoms with Gasteiger partial charge < -0.3 is 9.84 Å². The number of ether oxygens (including phenoxy) is 1. The molecule has 0 radical (unpaired) electrons. The molecule has 2 fully saturated rings. The summed E-state index contributed by atoms with van der Waals surface area (Å²) in [5, 5.41) is 9.25. The monoisotopic (exact) mass is 289 g/mol. The average molecular weight is 289 g/mol. The number of para-hydroxylation sites is 1. The number of carbonyl (C=O) groups is 1. The number of nitrogens with zero attached hydrogens (tertiary/aromatic N) is 1. The van der Waals surface area contributed by atoms with Crippen molar-refractivity contribution in [2.24, 2.45) is 5.92 Å². The molecule has 1 N–H and O–H groups in total. The lowest BCUT2D eigenvalue weighted by Crippen LogP contribution is -2.34. The quantitative estimate of drug-likeness (QED) is 0.818. The minimum Gasteiger partial charge on any atom is -0.493 e. The third-order valence-corrected chi connectivity index (χ3v) is 4.91. The maximum Gasteiger partial charge on any atom is 0.308 e. The number of benzene rings is 1. The van der Waals surface area contributed by atoms with Gasteiger partial charge in [-0.15, -0.1) is 0 Å². The zero-order chi connectivity index (χ0) is 14.8. The second kappa shape index (κ2) is 6.06. The van der Waals surface area contributed by atoms with Crippen LogP contribution in [0.4, 0.5) is 0 Å². The third kappa shape index (κ3) is 2.91. The molecule has 0 amide bonds. The second-order valence-electron chi connectivity index (χ2n) is 6.18. The number of hydrogen-bond donors (Lipinski definition) is 1. The first-order valence-electron chi connectivity index (χ1n) is 7.84. The van der Waals surface area contributed by atoms with E-state index in [4.69, 9.17) is 4.74 Å². The largest absolute Gasteiger partial charge is 0.493 e. The van der Waals surface area contributed by atoms with Crippen LogP contribution in [-0.2, 0) is 4.79 Å². The number of aliphatic carboxylic acids is 1. The second-order valence-corrected chi connectivity index (χ2v) is 6.18. The normalized spacial score (nSPS) is 28.0. The number of rotatable bonds is 6. The van der Waals surface area contributed by atoms with Crippen LogP contribution in [0, 0.1) is 12.8 Å². The molecule has 0 aromatic heterocycles. The maximum atomic E-state index is 11.2. The van der Waals surface area contributed by atoms with Gasteiger partial charge in [-0.05, 0) is 44.2 Å². The predicted octanol–water partition coefficient (Wildman–Crippen LogP) is 2.70. The van der Waals surface area contributed by atoms with E-state index in [2.05, 4.69) is 4.90 Å². The number of fused-ring (bicyclic) bond motifs is 2. The molecule has 0 saturated carbocycles. The molecular formula is C17H23NO3. The first kappa shape index (κ1) is 14.4. The Morgan fingerprint density at radius 3 is 2.90 bits per heavy atom. The summed E-state index contributed by atoms with van der Waals surface area (Å²) in [5.74, 6) is 0.176. The van der Waals surface area contributed by atoms with Crippen molar-refractivity contribution in [2.45, 2.75) is 44.7 Å². The summed E-state index contributed by atoms with van der Waals surface area (Å²) in [6.45, 7) is 3.69. The van der Waals surface area contributed by atoms with Gasteiger partial charge in [-0.1, -0.05) is 18.2 Å². The number of hydrogen-bond acceptors (Lipinski definition) is 3. The molecule has 1 aromatic rings. The van der Waals surface area contributed by atoms with E-state index in [9.17, 15) is 9.90 Å². The highest BCUT2D eigenvalue weighted by atomic mass is 16.5. The fourth-order valence-corrected chi connectivity index (χ4v) is 3.86. The molecule has 114 valence electrons. The van der Waals surface area contributed by atoms with Crippen molar-refractivity contribution in [1.29, 1.82) is 0 Å². The zero-order valence-electron chi connectivity index (χ0n) is 12.5. The highest BCUT2D eigenvalue weighted by Gasteiger charge is 2.48. The third-order valence-electron chi connectivity index (χ3n) is 4.91. The summed E-state index contributed by atoms with van der Waals surface area (Å²) in [5.41, 5.74) is 1.16. The van der Waals surface area contributed by atoms with Gasteiger partial charge in [0.2, 0.25) is 0 Å². The van der Waals surface area contributed by atoms with Gasteiger partial charge in [-0.25, -0.2) is 0 Å². The Balaban J connectivity index is 1.46. The SMILES string of the molecule is Cc1ccccc1OCCCN1C2CCC1C(C(=O)O)C2. The van der Waals surface area contributed by atoms with Crippen LogP contribution in [0.3, 0.4) is 0 Å². The van der Waals surface area contributed by atoms with Gasteiger partial charge >= 0.3 is 5.97 Å². The Hall–Kier alpha value is -1.55. The lowest BCUT2D eigenvalue weighted by Gasteiger charge is -2.22. The maximum absolute atomic E-state index is 11.2. The van der Waals surface area contributed by atoms with E-state index < -0.39 is 5.97 Å². The zero-order valence-corrected chi connectivity index (χ0v) is 12.5. The first-order chi connectivity index (χ1) is 10.2. The van der Waals surface area contributed by atoms with Gasteiger partial charge in [0.15, 0.2) is 0 Å². The smallest absolute Gasteiger partial charge is 0.308 e. The van der Waals surface area contributed by atoms with Crippen molar-refractivity contribution < 1.29 is 14.6 Å². The molecule has 2 aliphatic rings. The molecule has 21 heavy (non-hydrogen) atoms. The summed E-state index contributed by atoms with van der Waals surface area (Å²) in [4.78, 5) is 13.6. The first-order valence-corrected chi connectivity index (χ1v) is 7.84. The molecular weight excluding hydrogens is 266 g/mol. The molecule has 3 rings (SSSR count). The van der Waals surface area contributed by atoms with Crippen LogP contribution in [0.25, 0.3) is 0 Å². The van der Waals surface area contributed by atoms with Crippen LogP contribution >= 0.6 is 0 Å². The van der Waals surface area contributed by atoms with Crippen LogP contribution in [-0.4, -0.2) is 41.2 Å². The molecule has 2 heterocycles. The lowest BCUT2D eigenvalue weighted by molar-refractivity contribution is -0.142.